The lowest BCUT2D eigenvalue weighted by atomic mass is 10.1. The van der Waals surface area contributed by atoms with Crippen LogP contribution in [0.1, 0.15) is 18.9 Å². The van der Waals surface area contributed by atoms with Crippen molar-refractivity contribution >= 4 is 5.82 Å². The zero-order chi connectivity index (χ0) is 21.4. The van der Waals surface area contributed by atoms with E-state index in [4.69, 9.17) is 10.2 Å². The van der Waals surface area contributed by atoms with Gasteiger partial charge in [-0.1, -0.05) is 0 Å². The van der Waals surface area contributed by atoms with Crippen molar-refractivity contribution in [3.8, 4) is 34.0 Å². The summed E-state index contributed by atoms with van der Waals surface area (Å²) in [6, 6.07) is 5.15. The van der Waals surface area contributed by atoms with Crippen LogP contribution in [-0.4, -0.2) is 38.1 Å². The summed E-state index contributed by atoms with van der Waals surface area (Å²) in [7, 11) is 0. The van der Waals surface area contributed by atoms with E-state index in [-0.39, 0.29) is 23.2 Å². The molecule has 0 unspecified atom stereocenters. The summed E-state index contributed by atoms with van der Waals surface area (Å²) in [5.74, 6) is -1.16. The van der Waals surface area contributed by atoms with Gasteiger partial charge in [-0.2, -0.15) is 5.10 Å². The minimum absolute atomic E-state index is 0.0660. The van der Waals surface area contributed by atoms with E-state index in [0.29, 0.717) is 11.6 Å². The van der Waals surface area contributed by atoms with Crippen molar-refractivity contribution in [2.75, 3.05) is 18.8 Å². The maximum Gasteiger partial charge on any atom is 0.251 e. The lowest BCUT2D eigenvalue weighted by molar-refractivity contribution is 0.343. The zero-order valence-corrected chi connectivity index (χ0v) is 16.4. The summed E-state index contributed by atoms with van der Waals surface area (Å²) in [6.45, 7) is 1.94. The Morgan fingerprint density at radius 3 is 2.58 bits per heavy atom. The predicted molar refractivity (Wildman–Crippen MR) is 110 cm³/mol. The molecule has 158 valence electrons. The van der Waals surface area contributed by atoms with Gasteiger partial charge in [0.05, 0.1) is 23.4 Å². The number of nitrogen functional groups attached to an aromatic ring is 1. The normalized spacial score (nSPS) is 14.8. The molecular weight excluding hydrogens is 404 g/mol. The number of nitrogens with zero attached hydrogens (tertiary/aromatic N) is 5. The van der Waals surface area contributed by atoms with Gasteiger partial charge >= 0.3 is 0 Å². The lowest BCUT2D eigenvalue weighted by Crippen LogP contribution is -2.29. The molecule has 8 nitrogen and oxygen atoms in total. The molecule has 10 heteroatoms. The van der Waals surface area contributed by atoms with Gasteiger partial charge in [0.2, 0.25) is 0 Å². The second-order valence-electron chi connectivity index (χ2n) is 7.38. The van der Waals surface area contributed by atoms with Crippen molar-refractivity contribution in [1.29, 1.82) is 0 Å². The zero-order valence-electron chi connectivity index (χ0n) is 16.4. The molecule has 4 heterocycles. The molecule has 0 saturated carbocycles. The Morgan fingerprint density at radius 2 is 1.77 bits per heavy atom. The van der Waals surface area contributed by atoms with Crippen LogP contribution in [0.3, 0.4) is 0 Å². The van der Waals surface area contributed by atoms with Gasteiger partial charge in [0.1, 0.15) is 17.5 Å². The summed E-state index contributed by atoms with van der Waals surface area (Å²) >= 11 is 0. The van der Waals surface area contributed by atoms with E-state index in [1.165, 1.54) is 0 Å². The highest BCUT2D eigenvalue weighted by Crippen LogP contribution is 2.32. The van der Waals surface area contributed by atoms with Crippen LogP contribution < -0.4 is 11.1 Å². The average Bonchev–Trinajstić information content (AvgIpc) is 3.47. The van der Waals surface area contributed by atoms with Gasteiger partial charge in [0.15, 0.2) is 0 Å². The molecule has 4 aromatic rings. The molecule has 1 aromatic carbocycles. The van der Waals surface area contributed by atoms with Crippen LogP contribution in [-0.2, 0) is 0 Å². The second-order valence-corrected chi connectivity index (χ2v) is 7.38. The molecule has 1 aliphatic heterocycles. The van der Waals surface area contributed by atoms with Crippen molar-refractivity contribution in [3.05, 3.63) is 54.5 Å². The Hall–Kier alpha value is -3.66. The monoisotopic (exact) mass is 423 g/mol. The summed E-state index contributed by atoms with van der Waals surface area (Å²) in [6.07, 6.45) is 7.45. The fourth-order valence-electron chi connectivity index (χ4n) is 3.66. The highest BCUT2D eigenvalue weighted by molar-refractivity contribution is 5.75. The van der Waals surface area contributed by atoms with Crippen LogP contribution >= 0.6 is 0 Å². The first-order chi connectivity index (χ1) is 15.1. The van der Waals surface area contributed by atoms with Crippen LogP contribution in [0.4, 0.5) is 14.6 Å². The Morgan fingerprint density at radius 1 is 1.00 bits per heavy atom. The van der Waals surface area contributed by atoms with E-state index in [1.807, 2.05) is 10.9 Å². The lowest BCUT2D eigenvalue weighted by Gasteiger charge is -2.22. The predicted octanol–water partition coefficient (Wildman–Crippen LogP) is 3.45. The third-order valence-corrected chi connectivity index (χ3v) is 5.35. The number of benzene rings is 1. The fourth-order valence-corrected chi connectivity index (χ4v) is 3.66. The topological polar surface area (TPSA) is 108 Å². The van der Waals surface area contributed by atoms with E-state index in [9.17, 15) is 8.78 Å². The van der Waals surface area contributed by atoms with E-state index in [1.54, 1.807) is 18.5 Å². The Kier molecular flexibility index (Phi) is 4.91. The highest BCUT2D eigenvalue weighted by Gasteiger charge is 2.19. The van der Waals surface area contributed by atoms with E-state index in [2.05, 4.69) is 25.6 Å². The maximum atomic E-state index is 14.0. The number of piperidine rings is 1. The molecule has 3 aromatic heterocycles. The van der Waals surface area contributed by atoms with Crippen molar-refractivity contribution < 1.29 is 13.2 Å². The van der Waals surface area contributed by atoms with Gasteiger partial charge in [0, 0.05) is 23.5 Å². The van der Waals surface area contributed by atoms with Gasteiger partial charge < -0.3 is 15.5 Å². The van der Waals surface area contributed by atoms with Gasteiger partial charge in [-0.05, 0) is 50.2 Å². The second kappa shape index (κ2) is 7.88. The largest absolute Gasteiger partial charge is 0.416 e. The molecule has 31 heavy (non-hydrogen) atoms. The molecule has 0 aliphatic carbocycles. The first-order valence-corrected chi connectivity index (χ1v) is 9.88. The van der Waals surface area contributed by atoms with Crippen LogP contribution in [0.15, 0.2) is 47.3 Å². The molecule has 1 saturated heterocycles. The van der Waals surface area contributed by atoms with Crippen molar-refractivity contribution in [3.63, 3.8) is 0 Å². The Labute approximate surface area is 176 Å². The number of nitrogens with one attached hydrogen (secondary N) is 1. The molecule has 1 fully saturated rings. The Balaban J connectivity index is 1.47. The molecule has 5 rings (SSSR count). The van der Waals surface area contributed by atoms with Gasteiger partial charge in [0.25, 0.3) is 11.8 Å². The number of pyridine rings is 1. The van der Waals surface area contributed by atoms with Gasteiger partial charge in [-0.3, -0.25) is 4.68 Å². The molecule has 0 spiro atoms. The number of hydrogen-bond acceptors (Lipinski definition) is 7. The fraction of sp³-hybridized carbons (Fsp3) is 0.238. The van der Waals surface area contributed by atoms with Crippen molar-refractivity contribution in [1.82, 2.24) is 30.3 Å². The molecule has 0 atom stereocenters. The molecule has 0 amide bonds. The first-order valence-electron chi connectivity index (χ1n) is 9.88. The summed E-state index contributed by atoms with van der Waals surface area (Å²) in [5, 5.41) is 15.6. The third-order valence-electron chi connectivity index (χ3n) is 5.35. The number of hydrogen-bond donors (Lipinski definition) is 2. The van der Waals surface area contributed by atoms with Crippen molar-refractivity contribution in [2.24, 2.45) is 0 Å². The molecule has 0 radical (unpaired) electrons. The minimum Gasteiger partial charge on any atom is -0.416 e. The van der Waals surface area contributed by atoms with Crippen LogP contribution in [0.5, 0.6) is 0 Å². The van der Waals surface area contributed by atoms with Crippen LogP contribution in [0.25, 0.3) is 34.0 Å². The quantitative estimate of drug-likeness (QED) is 0.518. The highest BCUT2D eigenvalue weighted by atomic mass is 19.1. The summed E-state index contributed by atoms with van der Waals surface area (Å²) in [5.41, 5.74) is 7.96. The number of halogens is 2. The number of anilines is 1. The van der Waals surface area contributed by atoms with Crippen LogP contribution in [0, 0.1) is 11.6 Å². The number of aromatic nitrogens is 5. The molecule has 1 aliphatic rings. The van der Waals surface area contributed by atoms with Crippen LogP contribution in [0.2, 0.25) is 0 Å². The first kappa shape index (κ1) is 19.3. The standard InChI is InChI=1S/C21H19F2N7O/c22-14-1-2-18(23)16(8-14)20-28-29-21(31-20)17-7-12(9-26-19(17)24)13-10-27-30(11-13)15-3-5-25-6-4-15/h1-2,7-11,15,25H,3-6H2,(H2,24,26). The smallest absolute Gasteiger partial charge is 0.251 e. The third kappa shape index (κ3) is 3.77. The van der Waals surface area contributed by atoms with E-state index in [0.717, 1.165) is 55.3 Å². The molecule has 0 bridgehead atoms. The summed E-state index contributed by atoms with van der Waals surface area (Å²) < 4.78 is 35.1. The Bertz CT molecular complexity index is 1230. The summed E-state index contributed by atoms with van der Waals surface area (Å²) in [4.78, 5) is 4.24. The number of nitrogens with two attached hydrogens (primary N) is 1. The van der Waals surface area contributed by atoms with E-state index < -0.39 is 11.6 Å². The van der Waals surface area contributed by atoms with Gasteiger partial charge in [-0.15, -0.1) is 10.2 Å². The van der Waals surface area contributed by atoms with E-state index >= 15 is 0 Å². The van der Waals surface area contributed by atoms with Crippen molar-refractivity contribution in [2.45, 2.75) is 18.9 Å². The molecule has 3 N–H and O–H groups in total. The number of rotatable bonds is 4. The SMILES string of the molecule is Nc1ncc(-c2cnn(C3CCNCC3)c2)cc1-c1nnc(-c2cc(F)ccc2F)o1. The molecular formula is C21H19F2N7O. The average molecular weight is 423 g/mol. The maximum absolute atomic E-state index is 14.0. The van der Waals surface area contributed by atoms with Gasteiger partial charge in [-0.25, -0.2) is 13.8 Å². The minimum atomic E-state index is -0.665.